The Kier molecular flexibility index (Phi) is 5.20. The van der Waals surface area contributed by atoms with E-state index in [2.05, 4.69) is 16.7 Å². The average molecular weight is 290 g/mol. The van der Waals surface area contributed by atoms with Crippen molar-refractivity contribution in [1.82, 2.24) is 5.32 Å². The fourth-order valence-electron chi connectivity index (χ4n) is 2.59. The van der Waals surface area contributed by atoms with Crippen LogP contribution in [-0.4, -0.2) is 23.7 Å². The van der Waals surface area contributed by atoms with E-state index in [0.717, 1.165) is 24.9 Å². The van der Waals surface area contributed by atoms with Crippen LogP contribution in [0.5, 0.6) is 0 Å². The molecule has 0 heterocycles. The van der Waals surface area contributed by atoms with E-state index in [1.807, 2.05) is 12.1 Å². The highest BCUT2D eigenvalue weighted by atomic mass is 16.4. The molecule has 1 unspecified atom stereocenters. The number of carbonyl (C=O) groups excluding carboxylic acids is 1. The minimum atomic E-state index is -0.839. The lowest BCUT2D eigenvalue weighted by Crippen LogP contribution is -2.31. The molecule has 0 fully saturated rings. The lowest BCUT2D eigenvalue weighted by atomic mass is 9.90. The first-order valence-electron chi connectivity index (χ1n) is 7.46. The maximum atomic E-state index is 11.9. The Morgan fingerprint density at radius 1 is 1.29 bits per heavy atom. The van der Waals surface area contributed by atoms with Crippen LogP contribution in [0, 0.1) is 5.92 Å². The number of benzene rings is 1. The summed E-state index contributed by atoms with van der Waals surface area (Å²) >= 11 is 0. The first-order chi connectivity index (χ1) is 10.1. The molecule has 0 aromatic heterocycles. The van der Waals surface area contributed by atoms with Crippen LogP contribution in [0.1, 0.15) is 37.3 Å². The molecule has 3 N–H and O–H groups in total. The molecule has 1 aromatic carbocycles. The summed E-state index contributed by atoms with van der Waals surface area (Å²) in [5.41, 5.74) is 3.42. The topological polar surface area (TPSA) is 78.4 Å². The number of carboxylic acid groups (broad SMARTS) is 1. The fraction of sp³-hybridized carbons (Fsp3) is 0.500. The average Bonchev–Trinajstić information content (AvgIpc) is 2.47. The Morgan fingerprint density at radius 3 is 2.81 bits per heavy atom. The largest absolute Gasteiger partial charge is 0.481 e. The highest BCUT2D eigenvalue weighted by molar-refractivity contribution is 5.90. The number of urea groups is 1. The third-order valence-electron chi connectivity index (χ3n) is 3.93. The number of hydrogen-bond donors (Lipinski definition) is 3. The number of rotatable bonds is 5. The van der Waals surface area contributed by atoms with Gasteiger partial charge in [-0.1, -0.05) is 19.1 Å². The molecule has 1 aliphatic rings. The number of carboxylic acids is 1. The van der Waals surface area contributed by atoms with Crippen molar-refractivity contribution in [3.8, 4) is 0 Å². The number of anilines is 1. The van der Waals surface area contributed by atoms with Gasteiger partial charge in [-0.15, -0.1) is 0 Å². The molecule has 0 spiro atoms. The van der Waals surface area contributed by atoms with Crippen LogP contribution >= 0.6 is 0 Å². The Morgan fingerprint density at radius 2 is 2.05 bits per heavy atom. The highest BCUT2D eigenvalue weighted by Gasteiger charge is 2.15. The summed E-state index contributed by atoms with van der Waals surface area (Å²) in [5.74, 6) is -1.29. The normalized spacial score (nSPS) is 14.9. The first-order valence-corrected chi connectivity index (χ1v) is 7.46. The van der Waals surface area contributed by atoms with Gasteiger partial charge >= 0.3 is 12.0 Å². The van der Waals surface area contributed by atoms with E-state index in [4.69, 9.17) is 5.11 Å². The zero-order valence-electron chi connectivity index (χ0n) is 12.3. The van der Waals surface area contributed by atoms with E-state index in [1.165, 1.54) is 17.5 Å². The van der Waals surface area contributed by atoms with Gasteiger partial charge in [0.15, 0.2) is 0 Å². The molecule has 1 aliphatic carbocycles. The summed E-state index contributed by atoms with van der Waals surface area (Å²) < 4.78 is 0. The summed E-state index contributed by atoms with van der Waals surface area (Å²) in [6.07, 6.45) is 4.86. The van der Waals surface area contributed by atoms with E-state index in [9.17, 15) is 9.59 Å². The van der Waals surface area contributed by atoms with E-state index < -0.39 is 11.9 Å². The molecule has 5 nitrogen and oxygen atoms in total. The molecule has 2 amide bonds. The minimum absolute atomic E-state index is 0.272. The van der Waals surface area contributed by atoms with Crippen molar-refractivity contribution in [2.75, 3.05) is 11.9 Å². The van der Waals surface area contributed by atoms with E-state index >= 15 is 0 Å². The maximum absolute atomic E-state index is 11.9. The number of hydrogen-bond acceptors (Lipinski definition) is 2. The van der Waals surface area contributed by atoms with Gasteiger partial charge in [0.05, 0.1) is 5.92 Å². The number of carbonyl (C=O) groups is 2. The van der Waals surface area contributed by atoms with Crippen LogP contribution < -0.4 is 10.6 Å². The van der Waals surface area contributed by atoms with Crippen LogP contribution in [0.4, 0.5) is 10.5 Å². The van der Waals surface area contributed by atoms with Crippen molar-refractivity contribution < 1.29 is 14.7 Å². The fourth-order valence-corrected chi connectivity index (χ4v) is 2.59. The zero-order chi connectivity index (χ0) is 15.2. The van der Waals surface area contributed by atoms with Gasteiger partial charge in [-0.2, -0.15) is 0 Å². The van der Waals surface area contributed by atoms with Gasteiger partial charge in [0.1, 0.15) is 0 Å². The highest BCUT2D eigenvalue weighted by Crippen LogP contribution is 2.27. The zero-order valence-corrected chi connectivity index (χ0v) is 12.3. The smallest absolute Gasteiger partial charge is 0.319 e. The molecule has 2 rings (SSSR count). The predicted molar refractivity (Wildman–Crippen MR) is 81.5 cm³/mol. The second kappa shape index (κ2) is 7.11. The standard InChI is InChI=1S/C16H22N2O3/c1-11(15(19)20)9-10-17-16(21)18-14-8-4-6-12-5-2-3-7-13(12)14/h4,6,8,11H,2-3,5,7,9-10H2,1H3,(H,19,20)(H2,17,18,21). The van der Waals surface area contributed by atoms with E-state index in [1.54, 1.807) is 6.92 Å². The quantitative estimate of drug-likeness (QED) is 0.780. The van der Waals surface area contributed by atoms with Gasteiger partial charge in [-0.25, -0.2) is 4.79 Å². The molecule has 21 heavy (non-hydrogen) atoms. The minimum Gasteiger partial charge on any atom is -0.481 e. The SMILES string of the molecule is CC(CCNC(=O)Nc1cccc2c1CCCC2)C(=O)O. The summed E-state index contributed by atoms with van der Waals surface area (Å²) in [7, 11) is 0. The van der Waals surface area contributed by atoms with E-state index in [-0.39, 0.29) is 6.03 Å². The third kappa shape index (κ3) is 4.21. The van der Waals surface area contributed by atoms with Gasteiger partial charge in [0.2, 0.25) is 0 Å². The van der Waals surface area contributed by atoms with Gasteiger partial charge < -0.3 is 15.7 Å². The molecular weight excluding hydrogens is 268 g/mol. The summed E-state index contributed by atoms with van der Waals surface area (Å²) in [4.78, 5) is 22.6. The number of nitrogens with one attached hydrogen (secondary N) is 2. The molecular formula is C16H22N2O3. The Labute approximate surface area is 124 Å². The molecule has 0 saturated heterocycles. The van der Waals surface area contributed by atoms with Gasteiger partial charge in [-0.05, 0) is 49.3 Å². The van der Waals surface area contributed by atoms with Gasteiger partial charge in [-0.3, -0.25) is 4.79 Å². The molecule has 5 heteroatoms. The van der Waals surface area contributed by atoms with E-state index in [0.29, 0.717) is 13.0 Å². The Bertz CT molecular complexity index is 528. The molecule has 114 valence electrons. The summed E-state index contributed by atoms with van der Waals surface area (Å²) in [5, 5.41) is 14.4. The lowest BCUT2D eigenvalue weighted by molar-refractivity contribution is -0.141. The van der Waals surface area contributed by atoms with Gasteiger partial charge in [0.25, 0.3) is 0 Å². The number of aryl methyl sites for hydroxylation is 1. The molecule has 0 radical (unpaired) electrons. The maximum Gasteiger partial charge on any atom is 0.319 e. The van der Waals surface area contributed by atoms with Crippen molar-refractivity contribution >= 4 is 17.7 Å². The number of amides is 2. The molecule has 0 bridgehead atoms. The number of fused-ring (bicyclic) bond motifs is 1. The van der Waals surface area contributed by atoms with Crippen LogP contribution in [0.2, 0.25) is 0 Å². The second-order valence-corrected chi connectivity index (χ2v) is 5.56. The first kappa shape index (κ1) is 15.4. The van der Waals surface area contributed by atoms with Crippen molar-refractivity contribution in [3.05, 3.63) is 29.3 Å². The molecule has 1 atom stereocenters. The van der Waals surface area contributed by atoms with Gasteiger partial charge in [0, 0.05) is 12.2 Å². The van der Waals surface area contributed by atoms with Crippen molar-refractivity contribution in [1.29, 1.82) is 0 Å². The summed E-state index contributed by atoms with van der Waals surface area (Å²) in [6.45, 7) is 1.99. The predicted octanol–water partition coefficient (Wildman–Crippen LogP) is 2.80. The van der Waals surface area contributed by atoms with Crippen molar-refractivity contribution in [3.63, 3.8) is 0 Å². The van der Waals surface area contributed by atoms with Crippen LogP contribution in [0.25, 0.3) is 0 Å². The third-order valence-corrected chi connectivity index (χ3v) is 3.93. The molecule has 0 aliphatic heterocycles. The van der Waals surface area contributed by atoms with Crippen molar-refractivity contribution in [2.45, 2.75) is 39.0 Å². The van der Waals surface area contributed by atoms with Crippen LogP contribution in [0.15, 0.2) is 18.2 Å². The van der Waals surface area contributed by atoms with Crippen LogP contribution in [0.3, 0.4) is 0 Å². The Hall–Kier alpha value is -2.04. The monoisotopic (exact) mass is 290 g/mol. The molecule has 1 aromatic rings. The van der Waals surface area contributed by atoms with Crippen molar-refractivity contribution in [2.24, 2.45) is 5.92 Å². The van der Waals surface area contributed by atoms with Crippen LogP contribution in [-0.2, 0) is 17.6 Å². The molecule has 0 saturated carbocycles. The number of aliphatic carboxylic acids is 1. The lowest BCUT2D eigenvalue weighted by Gasteiger charge is -2.19. The second-order valence-electron chi connectivity index (χ2n) is 5.56. The Balaban J connectivity index is 1.87. The summed E-state index contributed by atoms with van der Waals surface area (Å²) in [6, 6.07) is 5.73.